The van der Waals surface area contributed by atoms with Crippen LogP contribution in [0.1, 0.15) is 18.1 Å². The number of carbonyl (C=O) groups excluding carboxylic acids is 2. The second-order valence-corrected chi connectivity index (χ2v) is 7.88. The third-order valence-corrected chi connectivity index (χ3v) is 5.54. The molecule has 1 fully saturated rings. The summed E-state index contributed by atoms with van der Waals surface area (Å²) >= 11 is 1.30. The highest BCUT2D eigenvalue weighted by Crippen LogP contribution is 2.31. The first-order chi connectivity index (χ1) is 14.5. The van der Waals surface area contributed by atoms with Gasteiger partial charge in [-0.2, -0.15) is 0 Å². The quantitative estimate of drug-likeness (QED) is 0.491. The van der Waals surface area contributed by atoms with Gasteiger partial charge in [0.2, 0.25) is 0 Å². The first-order valence-electron chi connectivity index (χ1n) is 9.63. The summed E-state index contributed by atoms with van der Waals surface area (Å²) in [4.78, 5) is 29.5. The zero-order valence-electron chi connectivity index (χ0n) is 16.7. The number of aliphatic imine (C=N–C) groups is 1. The van der Waals surface area contributed by atoms with E-state index in [0.717, 1.165) is 27.7 Å². The number of hydrogen-bond donors (Lipinski definition) is 1. The van der Waals surface area contributed by atoms with Gasteiger partial charge in [-0.15, -0.1) is 0 Å². The van der Waals surface area contributed by atoms with Gasteiger partial charge in [0.05, 0.1) is 17.2 Å². The normalized spacial score (nSPS) is 16.4. The van der Waals surface area contributed by atoms with E-state index in [1.807, 2.05) is 72.3 Å². The fraction of sp³-hybridized carbons (Fsp3) is 0.174. The van der Waals surface area contributed by atoms with Gasteiger partial charge in [-0.1, -0.05) is 35.9 Å². The molecule has 3 aromatic rings. The molecule has 2 heterocycles. The summed E-state index contributed by atoms with van der Waals surface area (Å²) in [5, 5.41) is 4.33. The fourth-order valence-electron chi connectivity index (χ4n) is 3.23. The molecule has 1 amide bonds. The lowest BCUT2D eigenvalue weighted by molar-refractivity contribution is -0.143. The van der Waals surface area contributed by atoms with E-state index in [1.54, 1.807) is 6.92 Å². The van der Waals surface area contributed by atoms with Gasteiger partial charge in [0, 0.05) is 22.7 Å². The predicted octanol–water partition coefficient (Wildman–Crippen LogP) is 4.40. The Bertz CT molecular complexity index is 1180. The molecule has 7 heteroatoms. The Balaban J connectivity index is 1.63. The molecule has 1 aromatic heterocycles. The molecule has 2 aromatic carbocycles. The van der Waals surface area contributed by atoms with Gasteiger partial charge in [0.25, 0.3) is 5.91 Å². The van der Waals surface area contributed by atoms with Crippen LogP contribution in [0.4, 0.5) is 5.69 Å². The van der Waals surface area contributed by atoms with E-state index in [-0.39, 0.29) is 18.4 Å². The lowest BCUT2D eigenvalue weighted by Gasteiger charge is -2.04. The Kier molecular flexibility index (Phi) is 5.72. The minimum Gasteiger partial charge on any atom is -0.465 e. The summed E-state index contributed by atoms with van der Waals surface area (Å²) in [6.07, 6.45) is 3.71. The number of carbonyl (C=O) groups is 2. The molecule has 0 saturated carbocycles. The molecule has 1 aliphatic rings. The molecule has 0 bridgehead atoms. The Morgan fingerprint density at radius 2 is 1.97 bits per heavy atom. The van der Waals surface area contributed by atoms with Crippen LogP contribution in [0.15, 0.2) is 64.6 Å². The lowest BCUT2D eigenvalue weighted by Crippen LogP contribution is -2.19. The van der Waals surface area contributed by atoms with Crippen LogP contribution in [0.3, 0.4) is 0 Å². The molecule has 152 valence electrons. The first-order valence-corrected chi connectivity index (χ1v) is 10.4. The maximum Gasteiger partial charge on any atom is 0.325 e. The Labute approximate surface area is 178 Å². The fourth-order valence-corrected chi connectivity index (χ4v) is 4.06. The molecule has 30 heavy (non-hydrogen) atoms. The average molecular weight is 420 g/mol. The zero-order valence-corrected chi connectivity index (χ0v) is 17.5. The van der Waals surface area contributed by atoms with Gasteiger partial charge in [-0.3, -0.25) is 9.59 Å². The minimum atomic E-state index is -0.294. The molecule has 0 spiro atoms. The van der Waals surface area contributed by atoms with E-state index in [9.17, 15) is 9.59 Å². The maximum absolute atomic E-state index is 12.5. The molecule has 0 radical (unpaired) electrons. The highest BCUT2D eigenvalue weighted by atomic mass is 32.2. The van der Waals surface area contributed by atoms with E-state index < -0.39 is 0 Å². The number of nitrogens with zero attached hydrogens (tertiary/aromatic N) is 2. The van der Waals surface area contributed by atoms with E-state index in [1.165, 1.54) is 11.8 Å². The third-order valence-electron chi connectivity index (χ3n) is 4.63. The summed E-state index contributed by atoms with van der Waals surface area (Å²) in [7, 11) is 0. The molecule has 1 aliphatic heterocycles. The second kappa shape index (κ2) is 8.59. The number of amidine groups is 1. The number of thioether (sulfide) groups is 1. The van der Waals surface area contributed by atoms with Crippen molar-refractivity contribution in [3.05, 3.63) is 70.8 Å². The molecule has 0 aliphatic carbocycles. The molecule has 0 atom stereocenters. The van der Waals surface area contributed by atoms with Gasteiger partial charge < -0.3 is 14.6 Å². The van der Waals surface area contributed by atoms with Gasteiger partial charge in [-0.05, 0) is 49.9 Å². The maximum atomic E-state index is 12.5. The molecule has 6 nitrogen and oxygen atoms in total. The molecule has 4 rings (SSSR count). The van der Waals surface area contributed by atoms with Crippen molar-refractivity contribution in [2.24, 2.45) is 4.99 Å². The van der Waals surface area contributed by atoms with Crippen LogP contribution in [0.25, 0.3) is 17.0 Å². The average Bonchev–Trinajstić information content (AvgIpc) is 3.24. The van der Waals surface area contributed by atoms with Gasteiger partial charge >= 0.3 is 5.97 Å². The van der Waals surface area contributed by atoms with Crippen molar-refractivity contribution in [2.45, 2.75) is 20.4 Å². The highest BCUT2D eigenvalue weighted by Gasteiger charge is 2.24. The number of rotatable bonds is 5. The van der Waals surface area contributed by atoms with Crippen LogP contribution in [-0.4, -0.2) is 28.2 Å². The SMILES string of the molecule is CCOC(=O)Cn1cc(/C=C2/SC(=Nc3ccc(C)cc3)NC2=O)c2ccccc21. The van der Waals surface area contributed by atoms with Gasteiger partial charge in [-0.25, -0.2) is 4.99 Å². The number of amides is 1. The second-order valence-electron chi connectivity index (χ2n) is 6.85. The van der Waals surface area contributed by atoms with Crippen LogP contribution in [0.5, 0.6) is 0 Å². The summed E-state index contributed by atoms with van der Waals surface area (Å²) in [6, 6.07) is 15.6. The minimum absolute atomic E-state index is 0.122. The summed E-state index contributed by atoms with van der Waals surface area (Å²) in [5.74, 6) is -0.481. The van der Waals surface area contributed by atoms with Crippen molar-refractivity contribution in [1.29, 1.82) is 0 Å². The zero-order chi connectivity index (χ0) is 21.1. The van der Waals surface area contributed by atoms with E-state index in [4.69, 9.17) is 4.74 Å². The Morgan fingerprint density at radius 1 is 1.20 bits per heavy atom. The number of para-hydroxylation sites is 1. The smallest absolute Gasteiger partial charge is 0.325 e. The van der Waals surface area contributed by atoms with Crippen LogP contribution in [0, 0.1) is 6.92 Å². The third kappa shape index (κ3) is 4.31. The topological polar surface area (TPSA) is 72.7 Å². The van der Waals surface area contributed by atoms with Crippen molar-refractivity contribution in [2.75, 3.05) is 6.61 Å². The number of hydrogen-bond acceptors (Lipinski definition) is 5. The largest absolute Gasteiger partial charge is 0.465 e. The number of benzene rings is 2. The van der Waals surface area contributed by atoms with Crippen molar-refractivity contribution < 1.29 is 14.3 Å². The van der Waals surface area contributed by atoms with E-state index in [2.05, 4.69) is 10.3 Å². The predicted molar refractivity (Wildman–Crippen MR) is 121 cm³/mol. The number of esters is 1. The number of nitrogens with one attached hydrogen (secondary N) is 1. The summed E-state index contributed by atoms with van der Waals surface area (Å²) in [5.41, 5.74) is 3.72. The number of aryl methyl sites for hydroxylation is 1. The summed E-state index contributed by atoms with van der Waals surface area (Å²) < 4.78 is 6.92. The van der Waals surface area contributed by atoms with Crippen LogP contribution in [-0.2, 0) is 20.9 Å². The number of fused-ring (bicyclic) bond motifs is 1. The molecular weight excluding hydrogens is 398 g/mol. The van der Waals surface area contributed by atoms with Gasteiger partial charge in [0.1, 0.15) is 6.54 Å². The van der Waals surface area contributed by atoms with Crippen molar-refractivity contribution in [3.8, 4) is 0 Å². The van der Waals surface area contributed by atoms with Gasteiger partial charge in [0.15, 0.2) is 5.17 Å². The van der Waals surface area contributed by atoms with Crippen molar-refractivity contribution in [3.63, 3.8) is 0 Å². The van der Waals surface area contributed by atoms with Crippen molar-refractivity contribution >= 4 is 51.5 Å². The first kappa shape index (κ1) is 20.0. The van der Waals surface area contributed by atoms with Crippen LogP contribution < -0.4 is 5.32 Å². The monoisotopic (exact) mass is 419 g/mol. The van der Waals surface area contributed by atoms with E-state index >= 15 is 0 Å². The number of ether oxygens (including phenoxy) is 1. The Morgan fingerprint density at radius 3 is 2.73 bits per heavy atom. The van der Waals surface area contributed by atoms with Crippen LogP contribution in [0.2, 0.25) is 0 Å². The number of aromatic nitrogens is 1. The summed E-state index contributed by atoms with van der Waals surface area (Å²) in [6.45, 7) is 4.27. The lowest BCUT2D eigenvalue weighted by atomic mass is 10.1. The molecule has 1 saturated heterocycles. The van der Waals surface area contributed by atoms with Crippen LogP contribution >= 0.6 is 11.8 Å². The Hall–Kier alpha value is -3.32. The van der Waals surface area contributed by atoms with Crippen molar-refractivity contribution in [1.82, 2.24) is 9.88 Å². The molecule has 1 N–H and O–H groups in total. The molecule has 0 unspecified atom stereocenters. The van der Waals surface area contributed by atoms with E-state index in [0.29, 0.717) is 16.7 Å². The highest BCUT2D eigenvalue weighted by molar-refractivity contribution is 8.18. The standard InChI is InChI=1S/C23H21N3O3S/c1-3-29-21(27)14-26-13-16(18-6-4-5-7-19(18)26)12-20-22(28)25-23(30-20)24-17-10-8-15(2)9-11-17/h4-13H,3,14H2,1-2H3,(H,24,25,28)/b20-12+. The molecular formula is C23H21N3O3S.